The topological polar surface area (TPSA) is 40.5 Å². The highest BCUT2D eigenvalue weighted by molar-refractivity contribution is 5.86. The number of hydrogen-bond acceptors (Lipinski definition) is 2. The Balaban J connectivity index is 1.47. The van der Waals surface area contributed by atoms with Gasteiger partial charge in [0, 0.05) is 25.6 Å². The van der Waals surface area contributed by atoms with E-state index >= 15 is 0 Å². The summed E-state index contributed by atoms with van der Waals surface area (Å²) >= 11 is 0. The molecular weight excluding hydrogens is 286 g/mol. The van der Waals surface area contributed by atoms with Gasteiger partial charge in [-0.1, -0.05) is 42.5 Å². The maximum atomic E-state index is 12.7. The fourth-order valence-corrected chi connectivity index (χ4v) is 3.92. The molecule has 3 unspecified atom stereocenters. The smallest absolute Gasteiger partial charge is 0.226 e. The zero-order valence-electron chi connectivity index (χ0n) is 13.3. The predicted octanol–water partition coefficient (Wildman–Crippen LogP) is 3.17. The Labute approximate surface area is 136 Å². The summed E-state index contributed by atoms with van der Waals surface area (Å²) in [5.74, 6) is 1.09. The van der Waals surface area contributed by atoms with Crippen LogP contribution >= 0.6 is 0 Å². The highest BCUT2D eigenvalue weighted by atomic mass is 16.3. The molecule has 2 fully saturated rings. The van der Waals surface area contributed by atoms with Gasteiger partial charge in [0.15, 0.2) is 0 Å². The first kappa shape index (κ1) is 14.7. The third-order valence-electron chi connectivity index (χ3n) is 5.40. The van der Waals surface area contributed by atoms with Crippen molar-refractivity contribution in [3.8, 4) is 0 Å². The predicted molar refractivity (Wildman–Crippen MR) is 91.2 cm³/mol. The average molecular weight is 309 g/mol. The summed E-state index contributed by atoms with van der Waals surface area (Å²) < 4.78 is 0. The third-order valence-corrected chi connectivity index (χ3v) is 5.40. The molecule has 2 aliphatic rings. The van der Waals surface area contributed by atoms with Crippen molar-refractivity contribution in [3.05, 3.63) is 48.0 Å². The molecule has 1 heterocycles. The standard InChI is InChI=1S/C20H23NO2/c22-13-14-4-3-9-21(12-14)20(23)19-11-18(19)17-8-7-15-5-1-2-6-16(15)10-17/h1-2,5-8,10,14,18-19,22H,3-4,9,11-13H2. The van der Waals surface area contributed by atoms with Crippen LogP contribution in [0.5, 0.6) is 0 Å². The van der Waals surface area contributed by atoms with Gasteiger partial charge in [-0.25, -0.2) is 0 Å². The summed E-state index contributed by atoms with van der Waals surface area (Å²) in [6.45, 7) is 1.79. The molecule has 1 amide bonds. The van der Waals surface area contributed by atoms with Gasteiger partial charge in [0.05, 0.1) is 0 Å². The van der Waals surface area contributed by atoms with E-state index in [1.165, 1.54) is 16.3 Å². The molecule has 3 nitrogen and oxygen atoms in total. The molecule has 4 rings (SSSR count). The van der Waals surface area contributed by atoms with E-state index in [4.69, 9.17) is 0 Å². The van der Waals surface area contributed by atoms with Crippen molar-refractivity contribution in [2.45, 2.75) is 25.2 Å². The first-order valence-electron chi connectivity index (χ1n) is 8.64. The zero-order chi connectivity index (χ0) is 15.8. The maximum Gasteiger partial charge on any atom is 0.226 e. The van der Waals surface area contributed by atoms with Crippen LogP contribution in [-0.4, -0.2) is 35.6 Å². The van der Waals surface area contributed by atoms with Crippen LogP contribution in [0, 0.1) is 11.8 Å². The van der Waals surface area contributed by atoms with Gasteiger partial charge in [0.1, 0.15) is 0 Å². The van der Waals surface area contributed by atoms with E-state index in [9.17, 15) is 9.90 Å². The van der Waals surface area contributed by atoms with Crippen molar-refractivity contribution in [1.82, 2.24) is 4.90 Å². The Morgan fingerprint density at radius 1 is 1.17 bits per heavy atom. The molecule has 3 atom stereocenters. The number of fused-ring (bicyclic) bond motifs is 1. The molecule has 1 aliphatic heterocycles. The first-order chi connectivity index (χ1) is 11.3. The Morgan fingerprint density at radius 3 is 2.83 bits per heavy atom. The number of piperidine rings is 1. The van der Waals surface area contributed by atoms with Gasteiger partial charge in [0.2, 0.25) is 5.91 Å². The number of hydrogen-bond donors (Lipinski definition) is 1. The number of likely N-dealkylation sites (tertiary alicyclic amines) is 1. The number of nitrogens with zero attached hydrogens (tertiary/aromatic N) is 1. The van der Waals surface area contributed by atoms with Gasteiger partial charge < -0.3 is 10.0 Å². The lowest BCUT2D eigenvalue weighted by molar-refractivity contribution is -0.134. The van der Waals surface area contributed by atoms with Gasteiger partial charge in [-0.05, 0) is 47.4 Å². The van der Waals surface area contributed by atoms with Crippen LogP contribution in [-0.2, 0) is 4.79 Å². The lowest BCUT2D eigenvalue weighted by Gasteiger charge is -2.32. The van der Waals surface area contributed by atoms with Crippen LogP contribution < -0.4 is 0 Å². The SMILES string of the molecule is O=C(C1CC1c1ccc2ccccc2c1)N1CCCC(CO)C1. The Kier molecular flexibility index (Phi) is 3.82. The summed E-state index contributed by atoms with van der Waals surface area (Å²) in [6, 6.07) is 14.9. The minimum absolute atomic E-state index is 0.147. The molecule has 3 heteroatoms. The molecule has 0 spiro atoms. The molecule has 2 aromatic carbocycles. The van der Waals surface area contributed by atoms with Crippen LogP contribution in [0.3, 0.4) is 0 Å². The van der Waals surface area contributed by atoms with Crippen molar-refractivity contribution in [2.75, 3.05) is 19.7 Å². The molecule has 120 valence electrons. The second-order valence-corrected chi connectivity index (χ2v) is 7.03. The monoisotopic (exact) mass is 309 g/mol. The molecule has 0 bridgehead atoms. The van der Waals surface area contributed by atoms with E-state index < -0.39 is 0 Å². The van der Waals surface area contributed by atoms with E-state index in [1.807, 2.05) is 4.90 Å². The number of benzene rings is 2. The summed E-state index contributed by atoms with van der Waals surface area (Å²) in [7, 11) is 0. The van der Waals surface area contributed by atoms with Crippen molar-refractivity contribution in [3.63, 3.8) is 0 Å². The molecule has 0 radical (unpaired) electrons. The summed E-state index contributed by atoms with van der Waals surface area (Å²) in [5, 5.41) is 11.8. The fraction of sp³-hybridized carbons (Fsp3) is 0.450. The largest absolute Gasteiger partial charge is 0.396 e. The highest BCUT2D eigenvalue weighted by Crippen LogP contribution is 2.49. The number of carbonyl (C=O) groups excluding carboxylic acids is 1. The Hall–Kier alpha value is -1.87. The molecule has 2 aromatic rings. The Morgan fingerprint density at radius 2 is 2.00 bits per heavy atom. The number of carbonyl (C=O) groups is 1. The van der Waals surface area contributed by atoms with E-state index in [0.717, 1.165) is 32.4 Å². The number of aliphatic hydroxyl groups excluding tert-OH is 1. The van der Waals surface area contributed by atoms with Crippen LogP contribution in [0.25, 0.3) is 10.8 Å². The van der Waals surface area contributed by atoms with E-state index in [0.29, 0.717) is 11.8 Å². The zero-order valence-corrected chi connectivity index (χ0v) is 13.3. The van der Waals surface area contributed by atoms with Crippen molar-refractivity contribution in [1.29, 1.82) is 0 Å². The minimum atomic E-state index is 0.147. The summed E-state index contributed by atoms with van der Waals surface area (Å²) in [5.41, 5.74) is 1.29. The normalized spacial score (nSPS) is 27.2. The van der Waals surface area contributed by atoms with Gasteiger partial charge in [-0.2, -0.15) is 0 Å². The summed E-state index contributed by atoms with van der Waals surface area (Å²) in [6.07, 6.45) is 3.03. The third kappa shape index (κ3) is 2.86. The molecule has 0 aromatic heterocycles. The van der Waals surface area contributed by atoms with E-state index in [1.54, 1.807) is 0 Å². The first-order valence-corrected chi connectivity index (χ1v) is 8.64. The second kappa shape index (κ2) is 5.97. The van der Waals surface area contributed by atoms with E-state index in [2.05, 4.69) is 42.5 Å². The molecule has 1 saturated carbocycles. The number of amides is 1. The lowest BCUT2D eigenvalue weighted by Crippen LogP contribution is -2.41. The highest BCUT2D eigenvalue weighted by Gasteiger charge is 2.46. The summed E-state index contributed by atoms with van der Waals surface area (Å²) in [4.78, 5) is 14.7. The van der Waals surface area contributed by atoms with Gasteiger partial charge in [0.25, 0.3) is 0 Å². The van der Waals surface area contributed by atoms with Crippen LogP contribution in [0.2, 0.25) is 0 Å². The van der Waals surface area contributed by atoms with Crippen molar-refractivity contribution in [2.24, 2.45) is 11.8 Å². The van der Waals surface area contributed by atoms with Crippen LogP contribution in [0.1, 0.15) is 30.7 Å². The molecule has 1 aliphatic carbocycles. The molecule has 23 heavy (non-hydrogen) atoms. The Bertz CT molecular complexity index is 726. The van der Waals surface area contributed by atoms with Crippen molar-refractivity contribution < 1.29 is 9.90 Å². The maximum absolute atomic E-state index is 12.7. The van der Waals surface area contributed by atoms with Gasteiger partial charge in [-0.3, -0.25) is 4.79 Å². The van der Waals surface area contributed by atoms with Crippen molar-refractivity contribution >= 4 is 16.7 Å². The lowest BCUT2D eigenvalue weighted by atomic mass is 9.98. The average Bonchev–Trinajstić information content (AvgIpc) is 3.41. The van der Waals surface area contributed by atoms with Crippen LogP contribution in [0.15, 0.2) is 42.5 Å². The van der Waals surface area contributed by atoms with Crippen LogP contribution in [0.4, 0.5) is 0 Å². The van der Waals surface area contributed by atoms with E-state index in [-0.39, 0.29) is 18.4 Å². The van der Waals surface area contributed by atoms with Gasteiger partial charge in [-0.15, -0.1) is 0 Å². The number of aliphatic hydroxyl groups is 1. The van der Waals surface area contributed by atoms with Gasteiger partial charge >= 0.3 is 0 Å². The second-order valence-electron chi connectivity index (χ2n) is 7.03. The molecule has 1 saturated heterocycles. The fourth-order valence-electron chi connectivity index (χ4n) is 3.92. The number of rotatable bonds is 3. The molecular formula is C20H23NO2. The quantitative estimate of drug-likeness (QED) is 0.946. The molecule has 1 N–H and O–H groups in total. The minimum Gasteiger partial charge on any atom is -0.396 e.